The number of carbonyl (C=O) groups excluding carboxylic acids is 1. The van der Waals surface area contributed by atoms with E-state index in [1.165, 1.54) is 6.92 Å². The summed E-state index contributed by atoms with van der Waals surface area (Å²) in [6.07, 6.45) is -2.30. The molecule has 9 heteroatoms. The van der Waals surface area contributed by atoms with Crippen LogP contribution >= 0.6 is 0 Å². The molecule has 9 nitrogen and oxygen atoms in total. The van der Waals surface area contributed by atoms with Crippen molar-refractivity contribution in [3.63, 3.8) is 0 Å². The normalized spacial score (nSPS) is 27.4. The Labute approximate surface area is 229 Å². The Morgan fingerprint density at radius 2 is 1.26 bits per heavy atom. The molecule has 0 bridgehead atoms. The van der Waals surface area contributed by atoms with Gasteiger partial charge in [-0.25, -0.2) is 0 Å². The number of carbonyl (C=O) groups is 1. The highest BCUT2D eigenvalue weighted by molar-refractivity contribution is 5.66. The molecule has 212 valence electrons. The van der Waals surface area contributed by atoms with Gasteiger partial charge in [-0.05, 0) is 49.2 Å². The van der Waals surface area contributed by atoms with Crippen LogP contribution in [0.25, 0.3) is 0 Å². The summed E-state index contributed by atoms with van der Waals surface area (Å²) >= 11 is 0. The Balaban J connectivity index is 1.62. The third kappa shape index (κ3) is 7.17. The maximum absolute atomic E-state index is 12.3. The lowest BCUT2D eigenvalue weighted by atomic mass is 9.84. The summed E-state index contributed by atoms with van der Waals surface area (Å²) in [5.41, 5.74) is 1.86. The van der Waals surface area contributed by atoms with Crippen molar-refractivity contribution in [3.05, 3.63) is 72.3 Å². The van der Waals surface area contributed by atoms with Crippen LogP contribution in [0.5, 0.6) is 11.5 Å². The van der Waals surface area contributed by atoms with Gasteiger partial charge in [-0.2, -0.15) is 0 Å². The van der Waals surface area contributed by atoms with E-state index in [4.69, 9.17) is 37.9 Å². The van der Waals surface area contributed by atoms with Crippen LogP contribution in [0.4, 0.5) is 0 Å². The van der Waals surface area contributed by atoms with Crippen molar-refractivity contribution in [2.24, 2.45) is 0 Å². The molecule has 39 heavy (non-hydrogen) atoms. The quantitative estimate of drug-likeness (QED) is 0.289. The van der Waals surface area contributed by atoms with Crippen LogP contribution in [-0.4, -0.2) is 69.2 Å². The topological polar surface area (TPSA) is 90.9 Å². The summed E-state index contributed by atoms with van der Waals surface area (Å²) in [7, 11) is 3.24. The van der Waals surface area contributed by atoms with Gasteiger partial charge in [0, 0.05) is 6.92 Å². The predicted octanol–water partition coefficient (Wildman–Crippen LogP) is 4.21. The number of esters is 1. The van der Waals surface area contributed by atoms with Gasteiger partial charge in [0.25, 0.3) is 0 Å². The number of benzene rings is 2. The first kappa shape index (κ1) is 29.0. The summed E-state index contributed by atoms with van der Waals surface area (Å²) in [5.74, 6) is 0.131. The van der Waals surface area contributed by atoms with Gasteiger partial charge in [-0.1, -0.05) is 30.3 Å². The van der Waals surface area contributed by atoms with Crippen molar-refractivity contribution in [2.45, 2.75) is 76.4 Å². The molecule has 0 amide bonds. The van der Waals surface area contributed by atoms with Crippen LogP contribution < -0.4 is 9.47 Å². The molecule has 1 saturated carbocycles. The van der Waals surface area contributed by atoms with E-state index in [0.29, 0.717) is 0 Å². The zero-order valence-electron chi connectivity index (χ0n) is 23.2. The Morgan fingerprint density at radius 3 is 1.67 bits per heavy atom. The second-order valence-electron chi connectivity index (χ2n) is 9.97. The van der Waals surface area contributed by atoms with E-state index >= 15 is 0 Å². The first-order chi connectivity index (χ1) is 18.7. The van der Waals surface area contributed by atoms with E-state index in [0.717, 1.165) is 22.6 Å². The fourth-order valence-electron chi connectivity index (χ4n) is 4.98. The van der Waals surface area contributed by atoms with Gasteiger partial charge in [-0.15, -0.1) is 6.58 Å². The molecule has 6 atom stereocenters. The lowest BCUT2D eigenvalue weighted by Gasteiger charge is -2.46. The lowest BCUT2D eigenvalue weighted by molar-refractivity contribution is -0.242. The minimum Gasteiger partial charge on any atom is -0.497 e. The van der Waals surface area contributed by atoms with Crippen LogP contribution in [-0.2, 0) is 46.4 Å². The summed E-state index contributed by atoms with van der Waals surface area (Å²) in [4.78, 5) is 12.3. The molecule has 2 aliphatic rings. The summed E-state index contributed by atoms with van der Waals surface area (Å²) in [6.45, 7) is 9.58. The van der Waals surface area contributed by atoms with Crippen molar-refractivity contribution in [1.82, 2.24) is 0 Å². The Morgan fingerprint density at radius 1 is 0.795 bits per heavy atom. The summed E-state index contributed by atoms with van der Waals surface area (Å²) in [5, 5.41) is 0. The lowest BCUT2D eigenvalue weighted by Crippen LogP contribution is -2.65. The molecule has 0 spiro atoms. The Bertz CT molecular complexity index is 1080. The average Bonchev–Trinajstić information content (AvgIpc) is 3.25. The number of methoxy groups -OCH3 is 2. The third-order valence-corrected chi connectivity index (χ3v) is 6.69. The van der Waals surface area contributed by atoms with Gasteiger partial charge >= 0.3 is 5.97 Å². The Kier molecular flexibility index (Phi) is 9.63. The minimum atomic E-state index is -0.910. The maximum Gasteiger partial charge on any atom is 0.303 e. The SMILES string of the molecule is C=CCO[C@H]1[C@H](OCc2ccc(OC)cc2)[C@H]2OC(C)(C)O[C@@H]2[C@@H](OCc2ccc(OC)cc2)[C@H]1OC(C)=O. The maximum atomic E-state index is 12.3. The van der Waals surface area contributed by atoms with Gasteiger partial charge < -0.3 is 37.9 Å². The van der Waals surface area contributed by atoms with E-state index in [2.05, 4.69) is 6.58 Å². The number of rotatable bonds is 12. The van der Waals surface area contributed by atoms with Gasteiger partial charge in [0.2, 0.25) is 0 Å². The monoisotopic (exact) mass is 542 g/mol. The van der Waals surface area contributed by atoms with Crippen molar-refractivity contribution in [1.29, 1.82) is 0 Å². The largest absolute Gasteiger partial charge is 0.497 e. The van der Waals surface area contributed by atoms with E-state index < -0.39 is 48.4 Å². The van der Waals surface area contributed by atoms with E-state index in [1.54, 1.807) is 20.3 Å². The molecule has 1 aliphatic heterocycles. The van der Waals surface area contributed by atoms with Crippen LogP contribution in [0.3, 0.4) is 0 Å². The fraction of sp³-hybridized carbons (Fsp3) is 0.500. The smallest absolute Gasteiger partial charge is 0.303 e. The number of hydrogen-bond donors (Lipinski definition) is 0. The molecule has 2 aromatic carbocycles. The van der Waals surface area contributed by atoms with Crippen LogP contribution in [0.1, 0.15) is 31.9 Å². The van der Waals surface area contributed by atoms with E-state index in [-0.39, 0.29) is 19.8 Å². The number of fused-ring (bicyclic) bond motifs is 1. The average molecular weight is 543 g/mol. The van der Waals surface area contributed by atoms with Crippen LogP contribution in [0.2, 0.25) is 0 Å². The van der Waals surface area contributed by atoms with Crippen LogP contribution in [0, 0.1) is 0 Å². The highest BCUT2D eigenvalue weighted by Gasteiger charge is 2.61. The van der Waals surface area contributed by atoms with Crippen molar-refractivity contribution in [3.8, 4) is 11.5 Å². The first-order valence-corrected chi connectivity index (χ1v) is 13.0. The molecule has 0 unspecified atom stereocenters. The molecule has 0 N–H and O–H groups in total. The molecular formula is C30H38O9. The second kappa shape index (κ2) is 12.9. The van der Waals surface area contributed by atoms with Crippen molar-refractivity contribution in [2.75, 3.05) is 20.8 Å². The number of ether oxygens (including phenoxy) is 8. The molecule has 0 aromatic heterocycles. The van der Waals surface area contributed by atoms with Crippen molar-refractivity contribution >= 4 is 5.97 Å². The van der Waals surface area contributed by atoms with Gasteiger partial charge in [0.15, 0.2) is 11.9 Å². The van der Waals surface area contributed by atoms with E-state index in [1.807, 2.05) is 62.4 Å². The molecular weight excluding hydrogens is 504 g/mol. The standard InChI is InChI=1S/C30H38O9/c1-7-16-34-24-25(35-17-20-8-12-22(32-5)13-9-20)28-29(39-30(3,4)38-28)26(27(24)37-19(2)31)36-18-21-10-14-23(33-6)15-11-21/h7-15,24-29H,1,16-18H2,2-6H3/t24-,25-,26-,27-,28+,29+/m0/s1. The zero-order valence-corrected chi connectivity index (χ0v) is 23.2. The molecule has 1 aliphatic carbocycles. The Hall–Kier alpha value is -2.95. The summed E-state index contributed by atoms with van der Waals surface area (Å²) < 4.78 is 48.1. The van der Waals surface area contributed by atoms with E-state index in [9.17, 15) is 4.79 Å². The first-order valence-electron chi connectivity index (χ1n) is 13.0. The van der Waals surface area contributed by atoms with Gasteiger partial charge in [0.05, 0.1) is 34.0 Å². The van der Waals surface area contributed by atoms with Gasteiger partial charge in [-0.3, -0.25) is 4.79 Å². The van der Waals surface area contributed by atoms with Crippen LogP contribution in [0.15, 0.2) is 61.2 Å². The fourth-order valence-corrected chi connectivity index (χ4v) is 4.98. The highest BCUT2D eigenvalue weighted by Crippen LogP contribution is 2.42. The molecule has 2 fully saturated rings. The molecule has 4 rings (SSSR count). The zero-order chi connectivity index (χ0) is 28.0. The molecule has 1 heterocycles. The number of hydrogen-bond acceptors (Lipinski definition) is 9. The molecule has 2 aromatic rings. The minimum absolute atomic E-state index is 0.220. The van der Waals surface area contributed by atoms with Gasteiger partial charge in [0.1, 0.15) is 42.0 Å². The van der Waals surface area contributed by atoms with Crippen molar-refractivity contribution < 1.29 is 42.7 Å². The predicted molar refractivity (Wildman–Crippen MR) is 142 cm³/mol. The third-order valence-electron chi connectivity index (χ3n) is 6.69. The molecule has 0 radical (unpaired) electrons. The highest BCUT2D eigenvalue weighted by atomic mass is 16.8. The molecule has 1 saturated heterocycles. The second-order valence-corrected chi connectivity index (χ2v) is 9.97. The summed E-state index contributed by atoms with van der Waals surface area (Å²) in [6, 6.07) is 15.2.